The first kappa shape index (κ1) is 22.4. The average Bonchev–Trinajstić information content (AvgIpc) is 3.05. The number of aromatic hydroxyl groups is 1. The molecule has 6 atom stereocenters. The molecule has 1 aromatic rings. The molecule has 2 fully saturated rings. The second-order valence-corrected chi connectivity index (χ2v) is 10.5. The van der Waals surface area contributed by atoms with E-state index in [1.54, 1.807) is 6.92 Å². The van der Waals surface area contributed by atoms with Gasteiger partial charge in [-0.15, -0.1) is 0 Å². The summed E-state index contributed by atoms with van der Waals surface area (Å²) in [7, 11) is 0. The second kappa shape index (κ2) is 9.38. The number of unbranched alkanes of at least 4 members (excludes halogenated alkanes) is 2. The van der Waals surface area contributed by atoms with E-state index in [9.17, 15) is 9.90 Å². The molecular weight excluding hydrogens is 384 g/mol. The molecule has 2 saturated carbocycles. The van der Waals surface area contributed by atoms with Gasteiger partial charge >= 0.3 is 5.97 Å². The van der Waals surface area contributed by atoms with E-state index in [2.05, 4.69) is 32.1 Å². The van der Waals surface area contributed by atoms with E-state index in [-0.39, 0.29) is 17.5 Å². The molecule has 0 heterocycles. The quantitative estimate of drug-likeness (QED) is 0.293. The molecule has 0 amide bonds. The Kier molecular flexibility index (Phi) is 6.79. The van der Waals surface area contributed by atoms with Gasteiger partial charge in [0.15, 0.2) is 0 Å². The van der Waals surface area contributed by atoms with E-state index >= 15 is 0 Å². The topological polar surface area (TPSA) is 46.5 Å². The number of phenolic OH excluding ortho intramolecular Hbond substituents is 1. The predicted octanol–water partition coefficient (Wildman–Crippen LogP) is 6.93. The average molecular weight is 425 g/mol. The van der Waals surface area contributed by atoms with Gasteiger partial charge in [-0.1, -0.05) is 44.9 Å². The van der Waals surface area contributed by atoms with Gasteiger partial charge in [-0.2, -0.15) is 0 Å². The number of ether oxygens (including phenoxy) is 1. The lowest BCUT2D eigenvalue weighted by Gasteiger charge is -2.53. The van der Waals surface area contributed by atoms with Crippen molar-refractivity contribution in [3.63, 3.8) is 0 Å². The van der Waals surface area contributed by atoms with E-state index in [1.165, 1.54) is 43.2 Å². The van der Waals surface area contributed by atoms with Crippen LogP contribution in [0.3, 0.4) is 0 Å². The van der Waals surface area contributed by atoms with Crippen molar-refractivity contribution in [2.45, 2.75) is 97.0 Å². The minimum Gasteiger partial charge on any atom is -0.508 e. The zero-order valence-corrected chi connectivity index (χ0v) is 19.6. The number of phenols is 1. The van der Waals surface area contributed by atoms with Crippen LogP contribution in [0.15, 0.2) is 30.4 Å². The third-order valence-corrected chi connectivity index (χ3v) is 8.70. The molecule has 0 spiro atoms. The van der Waals surface area contributed by atoms with Crippen molar-refractivity contribution in [3.8, 4) is 5.75 Å². The number of carbonyl (C=O) groups excluding carboxylic acids is 1. The molecule has 31 heavy (non-hydrogen) atoms. The number of benzene rings is 1. The summed E-state index contributed by atoms with van der Waals surface area (Å²) in [4.78, 5) is 11.8. The fraction of sp³-hybridized carbons (Fsp3) is 0.679. The van der Waals surface area contributed by atoms with Crippen molar-refractivity contribution in [1.29, 1.82) is 0 Å². The molecule has 3 unspecified atom stereocenters. The Labute approximate surface area is 188 Å². The summed E-state index contributed by atoms with van der Waals surface area (Å²) < 4.78 is 5.84. The van der Waals surface area contributed by atoms with Crippen LogP contribution in [0.1, 0.15) is 95.6 Å². The maximum atomic E-state index is 11.8. The van der Waals surface area contributed by atoms with Gasteiger partial charge in [-0.25, -0.2) is 0 Å². The second-order valence-electron chi connectivity index (χ2n) is 10.5. The first-order valence-electron chi connectivity index (χ1n) is 12.6. The summed E-state index contributed by atoms with van der Waals surface area (Å²) in [5, 5.41) is 10.1. The lowest BCUT2D eigenvalue weighted by molar-refractivity contribution is -0.155. The van der Waals surface area contributed by atoms with Crippen LogP contribution >= 0.6 is 0 Å². The molecular formula is C28H40O3. The molecule has 0 aliphatic heterocycles. The molecule has 1 N–H and O–H groups in total. The van der Waals surface area contributed by atoms with E-state index in [0.717, 1.165) is 32.1 Å². The van der Waals surface area contributed by atoms with E-state index < -0.39 is 0 Å². The molecule has 4 rings (SSSR count). The van der Waals surface area contributed by atoms with Crippen molar-refractivity contribution in [2.24, 2.45) is 23.2 Å². The highest BCUT2D eigenvalue weighted by Crippen LogP contribution is 2.63. The minimum atomic E-state index is -0.132. The molecule has 1 aromatic carbocycles. The summed E-state index contributed by atoms with van der Waals surface area (Å²) >= 11 is 0. The standard InChI is InChI=1S/C28H40O3/c1-4-5-6-7-8-9-10-20-17-21-18-22(30)11-12-23(21)24-15-16-28(3)25(27(20)24)13-14-26(28)31-19(2)29/h7-8,11-12,18,20,24-27,30H,4-6,9-10,13-17H2,1-3H3/t20-,24?,25?,26+,27?,28+/m1/s1. The van der Waals surface area contributed by atoms with Gasteiger partial charge in [0.2, 0.25) is 0 Å². The highest BCUT2D eigenvalue weighted by Gasteiger charge is 2.57. The van der Waals surface area contributed by atoms with Crippen molar-refractivity contribution in [2.75, 3.05) is 0 Å². The lowest BCUT2D eigenvalue weighted by atomic mass is 9.52. The van der Waals surface area contributed by atoms with Gasteiger partial charge in [0.05, 0.1) is 0 Å². The minimum absolute atomic E-state index is 0.0757. The molecule has 170 valence electrons. The highest BCUT2D eigenvalue weighted by atomic mass is 16.5. The fourth-order valence-electron chi connectivity index (χ4n) is 7.27. The van der Waals surface area contributed by atoms with Gasteiger partial charge in [0.25, 0.3) is 0 Å². The largest absolute Gasteiger partial charge is 0.508 e. The summed E-state index contributed by atoms with van der Waals surface area (Å²) in [6, 6.07) is 6.07. The Bertz CT molecular complexity index is 812. The van der Waals surface area contributed by atoms with Crippen LogP contribution in [0, 0.1) is 23.2 Å². The summed E-state index contributed by atoms with van der Waals surface area (Å²) in [6.07, 6.45) is 16.4. The van der Waals surface area contributed by atoms with Crippen LogP contribution in [0.2, 0.25) is 0 Å². The Balaban J connectivity index is 1.58. The number of hydrogen-bond donors (Lipinski definition) is 1. The number of fused-ring (bicyclic) bond motifs is 5. The Morgan fingerprint density at radius 1 is 1.23 bits per heavy atom. The highest BCUT2D eigenvalue weighted by molar-refractivity contribution is 5.66. The predicted molar refractivity (Wildman–Crippen MR) is 125 cm³/mol. The van der Waals surface area contributed by atoms with E-state index in [4.69, 9.17) is 4.74 Å². The Hall–Kier alpha value is -1.77. The van der Waals surface area contributed by atoms with Gasteiger partial charge in [-0.3, -0.25) is 4.79 Å². The molecule has 0 aromatic heterocycles. The smallest absolute Gasteiger partial charge is 0.302 e. The van der Waals surface area contributed by atoms with Crippen LogP contribution in [0.4, 0.5) is 0 Å². The van der Waals surface area contributed by atoms with Crippen molar-refractivity contribution >= 4 is 5.97 Å². The molecule has 0 bridgehead atoms. The van der Waals surface area contributed by atoms with Crippen LogP contribution in [0.25, 0.3) is 0 Å². The Morgan fingerprint density at radius 3 is 2.81 bits per heavy atom. The van der Waals surface area contributed by atoms with E-state index in [1.807, 2.05) is 12.1 Å². The van der Waals surface area contributed by atoms with Crippen molar-refractivity contribution in [1.82, 2.24) is 0 Å². The van der Waals surface area contributed by atoms with Crippen molar-refractivity contribution < 1.29 is 14.6 Å². The number of rotatable bonds is 7. The van der Waals surface area contributed by atoms with Gasteiger partial charge in [0, 0.05) is 12.3 Å². The zero-order chi connectivity index (χ0) is 22.0. The first-order chi connectivity index (χ1) is 14.9. The van der Waals surface area contributed by atoms with Crippen LogP contribution < -0.4 is 0 Å². The van der Waals surface area contributed by atoms with Gasteiger partial charge in [0.1, 0.15) is 11.9 Å². The molecule has 3 heteroatoms. The molecule has 0 radical (unpaired) electrons. The Morgan fingerprint density at radius 2 is 2.03 bits per heavy atom. The molecule has 0 saturated heterocycles. The third kappa shape index (κ3) is 4.43. The maximum Gasteiger partial charge on any atom is 0.302 e. The van der Waals surface area contributed by atoms with Crippen LogP contribution in [0.5, 0.6) is 5.75 Å². The van der Waals surface area contributed by atoms with E-state index in [0.29, 0.717) is 29.4 Å². The third-order valence-electron chi connectivity index (χ3n) is 8.70. The SMILES string of the molecule is CCCCC=CCC[C@@H]1Cc2cc(O)ccc2C2CC[C@@]3(C)C(CC[C@@H]3OC(C)=O)C21. The molecule has 3 aliphatic carbocycles. The lowest BCUT2D eigenvalue weighted by Crippen LogP contribution is -2.48. The maximum absolute atomic E-state index is 11.8. The fourth-order valence-corrected chi connectivity index (χ4v) is 7.27. The monoisotopic (exact) mass is 424 g/mol. The normalized spacial score (nSPS) is 34.2. The number of carbonyl (C=O) groups is 1. The summed E-state index contributed by atoms with van der Waals surface area (Å²) in [6.45, 7) is 6.19. The first-order valence-corrected chi connectivity index (χ1v) is 12.6. The molecule has 3 nitrogen and oxygen atoms in total. The molecule has 3 aliphatic rings. The number of allylic oxidation sites excluding steroid dienone is 2. The number of hydrogen-bond acceptors (Lipinski definition) is 3. The van der Waals surface area contributed by atoms with Gasteiger partial charge in [-0.05, 0) is 98.3 Å². The van der Waals surface area contributed by atoms with Crippen LogP contribution in [-0.4, -0.2) is 17.2 Å². The van der Waals surface area contributed by atoms with Crippen LogP contribution in [-0.2, 0) is 16.0 Å². The zero-order valence-electron chi connectivity index (χ0n) is 19.6. The number of esters is 1. The van der Waals surface area contributed by atoms with Crippen molar-refractivity contribution in [3.05, 3.63) is 41.5 Å². The van der Waals surface area contributed by atoms with Gasteiger partial charge < -0.3 is 9.84 Å². The summed E-state index contributed by atoms with van der Waals surface area (Å²) in [5.41, 5.74) is 2.94. The summed E-state index contributed by atoms with van der Waals surface area (Å²) in [5.74, 6) is 2.74.